The maximum Gasteiger partial charge on any atom is 0.252 e. The minimum Gasteiger partial charge on any atom is -0.345 e. The molecular formula is C22H23N3O2. The number of pyridine rings is 1. The molecular weight excluding hydrogens is 338 g/mol. The first kappa shape index (κ1) is 18.6. The standard InChI is InChI=1S/C22H23N3O2/c1-4-16-8-10-17(11-9-16)14(2)24-22(27)19-12-13-23-21-18(19)6-5-7-20(21)25-15(3)26/h5-14H,4H2,1-3H3,(H,24,27)(H,25,26)/t14-/m0/s1. The van der Waals surface area contributed by atoms with E-state index in [-0.39, 0.29) is 17.9 Å². The lowest BCUT2D eigenvalue weighted by Gasteiger charge is -2.16. The highest BCUT2D eigenvalue weighted by atomic mass is 16.2. The summed E-state index contributed by atoms with van der Waals surface area (Å²) in [6, 6.07) is 15.2. The fourth-order valence-corrected chi connectivity index (χ4v) is 3.06. The molecule has 1 heterocycles. The summed E-state index contributed by atoms with van der Waals surface area (Å²) in [7, 11) is 0. The van der Waals surface area contributed by atoms with Gasteiger partial charge in [-0.15, -0.1) is 0 Å². The molecule has 1 aromatic heterocycles. The van der Waals surface area contributed by atoms with Gasteiger partial charge in [-0.05, 0) is 36.6 Å². The molecule has 3 aromatic rings. The summed E-state index contributed by atoms with van der Waals surface area (Å²) in [4.78, 5) is 28.6. The second-order valence-electron chi connectivity index (χ2n) is 6.53. The lowest BCUT2D eigenvalue weighted by Crippen LogP contribution is -2.27. The SMILES string of the molecule is CCc1ccc([C@H](C)NC(=O)c2ccnc3c(NC(C)=O)cccc23)cc1. The average molecular weight is 361 g/mol. The third kappa shape index (κ3) is 4.14. The molecule has 0 saturated heterocycles. The van der Waals surface area contributed by atoms with Crippen molar-refractivity contribution in [3.05, 3.63) is 71.4 Å². The van der Waals surface area contributed by atoms with E-state index in [4.69, 9.17) is 0 Å². The number of hydrogen-bond acceptors (Lipinski definition) is 3. The Labute approximate surface area is 158 Å². The summed E-state index contributed by atoms with van der Waals surface area (Å²) in [6.45, 7) is 5.52. The van der Waals surface area contributed by atoms with E-state index in [1.165, 1.54) is 12.5 Å². The number of fused-ring (bicyclic) bond motifs is 1. The van der Waals surface area contributed by atoms with Crippen LogP contribution in [0.3, 0.4) is 0 Å². The highest BCUT2D eigenvalue weighted by molar-refractivity contribution is 6.10. The Kier molecular flexibility index (Phi) is 5.50. The lowest BCUT2D eigenvalue weighted by atomic mass is 10.0. The van der Waals surface area contributed by atoms with Crippen LogP contribution in [0.25, 0.3) is 10.9 Å². The summed E-state index contributed by atoms with van der Waals surface area (Å²) >= 11 is 0. The van der Waals surface area contributed by atoms with Crippen LogP contribution in [0.1, 0.15) is 48.3 Å². The number of carbonyl (C=O) groups excluding carboxylic acids is 2. The molecule has 2 amide bonds. The van der Waals surface area contributed by atoms with Gasteiger partial charge in [-0.2, -0.15) is 0 Å². The summed E-state index contributed by atoms with van der Waals surface area (Å²) < 4.78 is 0. The van der Waals surface area contributed by atoms with E-state index >= 15 is 0 Å². The second-order valence-corrected chi connectivity index (χ2v) is 6.53. The molecule has 0 bridgehead atoms. The molecule has 5 heteroatoms. The minimum atomic E-state index is -0.177. The van der Waals surface area contributed by atoms with Crippen molar-refractivity contribution in [3.8, 4) is 0 Å². The Balaban J connectivity index is 1.87. The zero-order valence-corrected chi connectivity index (χ0v) is 15.7. The van der Waals surface area contributed by atoms with Crippen LogP contribution in [-0.4, -0.2) is 16.8 Å². The molecule has 0 aliphatic heterocycles. The van der Waals surface area contributed by atoms with Crippen LogP contribution in [-0.2, 0) is 11.2 Å². The van der Waals surface area contributed by atoms with Gasteiger partial charge in [0.1, 0.15) is 0 Å². The Morgan fingerprint density at radius 3 is 2.48 bits per heavy atom. The van der Waals surface area contributed by atoms with Crippen molar-refractivity contribution >= 4 is 28.4 Å². The molecule has 2 aromatic carbocycles. The molecule has 0 aliphatic carbocycles. The van der Waals surface area contributed by atoms with Gasteiger partial charge < -0.3 is 10.6 Å². The van der Waals surface area contributed by atoms with E-state index in [2.05, 4.69) is 34.7 Å². The quantitative estimate of drug-likeness (QED) is 0.714. The predicted molar refractivity (Wildman–Crippen MR) is 108 cm³/mol. The highest BCUT2D eigenvalue weighted by Gasteiger charge is 2.16. The van der Waals surface area contributed by atoms with Crippen molar-refractivity contribution < 1.29 is 9.59 Å². The van der Waals surface area contributed by atoms with Crippen molar-refractivity contribution in [2.75, 3.05) is 5.32 Å². The third-order valence-corrected chi connectivity index (χ3v) is 4.56. The van der Waals surface area contributed by atoms with Gasteiger partial charge in [-0.3, -0.25) is 14.6 Å². The number of rotatable bonds is 5. The number of benzene rings is 2. The molecule has 27 heavy (non-hydrogen) atoms. The third-order valence-electron chi connectivity index (χ3n) is 4.56. The average Bonchev–Trinajstić information content (AvgIpc) is 2.67. The van der Waals surface area contributed by atoms with Gasteiger partial charge >= 0.3 is 0 Å². The fourth-order valence-electron chi connectivity index (χ4n) is 3.06. The Morgan fingerprint density at radius 2 is 1.81 bits per heavy atom. The van der Waals surface area contributed by atoms with Crippen LogP contribution in [0.4, 0.5) is 5.69 Å². The number of hydrogen-bond donors (Lipinski definition) is 2. The maximum atomic E-state index is 12.9. The Morgan fingerprint density at radius 1 is 1.07 bits per heavy atom. The van der Waals surface area contributed by atoms with Crippen LogP contribution in [0.2, 0.25) is 0 Å². The molecule has 0 aliphatic rings. The van der Waals surface area contributed by atoms with Crippen LogP contribution < -0.4 is 10.6 Å². The first-order valence-corrected chi connectivity index (χ1v) is 9.04. The topological polar surface area (TPSA) is 71.1 Å². The normalized spacial score (nSPS) is 11.8. The molecule has 0 spiro atoms. The number of para-hydroxylation sites is 1. The highest BCUT2D eigenvalue weighted by Crippen LogP contribution is 2.25. The van der Waals surface area contributed by atoms with E-state index in [1.54, 1.807) is 24.4 Å². The molecule has 0 fully saturated rings. The van der Waals surface area contributed by atoms with Crippen molar-refractivity contribution in [1.29, 1.82) is 0 Å². The summed E-state index contributed by atoms with van der Waals surface area (Å²) in [5.41, 5.74) is 4.04. The zero-order chi connectivity index (χ0) is 19.4. The smallest absolute Gasteiger partial charge is 0.252 e. The second kappa shape index (κ2) is 7.99. The van der Waals surface area contributed by atoms with E-state index < -0.39 is 0 Å². The number of carbonyl (C=O) groups is 2. The molecule has 0 radical (unpaired) electrons. The van der Waals surface area contributed by atoms with Crippen LogP contribution in [0, 0.1) is 0 Å². The van der Waals surface area contributed by atoms with E-state index in [0.29, 0.717) is 22.2 Å². The lowest BCUT2D eigenvalue weighted by molar-refractivity contribution is -0.114. The number of nitrogens with one attached hydrogen (secondary N) is 2. The molecule has 0 unspecified atom stereocenters. The maximum absolute atomic E-state index is 12.9. The number of amides is 2. The molecule has 0 saturated carbocycles. The molecule has 2 N–H and O–H groups in total. The van der Waals surface area contributed by atoms with Crippen LogP contribution >= 0.6 is 0 Å². The molecule has 3 rings (SSSR count). The van der Waals surface area contributed by atoms with E-state index in [0.717, 1.165) is 12.0 Å². The summed E-state index contributed by atoms with van der Waals surface area (Å²) in [6.07, 6.45) is 2.57. The van der Waals surface area contributed by atoms with Crippen molar-refractivity contribution in [1.82, 2.24) is 10.3 Å². The van der Waals surface area contributed by atoms with Gasteiger partial charge in [-0.1, -0.05) is 43.3 Å². The first-order chi connectivity index (χ1) is 13.0. The van der Waals surface area contributed by atoms with Crippen molar-refractivity contribution in [2.45, 2.75) is 33.2 Å². The summed E-state index contributed by atoms with van der Waals surface area (Å²) in [5, 5.41) is 6.51. The zero-order valence-electron chi connectivity index (χ0n) is 15.7. The van der Waals surface area contributed by atoms with Gasteiger partial charge in [0.2, 0.25) is 5.91 Å². The monoisotopic (exact) mass is 361 g/mol. The molecule has 138 valence electrons. The van der Waals surface area contributed by atoms with Gasteiger partial charge in [-0.25, -0.2) is 0 Å². The number of anilines is 1. The van der Waals surface area contributed by atoms with E-state index in [9.17, 15) is 9.59 Å². The first-order valence-electron chi connectivity index (χ1n) is 9.04. The van der Waals surface area contributed by atoms with Gasteiger partial charge in [0.25, 0.3) is 5.91 Å². The fraction of sp³-hybridized carbons (Fsp3) is 0.227. The number of aryl methyl sites for hydroxylation is 1. The van der Waals surface area contributed by atoms with Gasteiger partial charge in [0.15, 0.2) is 0 Å². The van der Waals surface area contributed by atoms with Gasteiger partial charge in [0.05, 0.1) is 22.8 Å². The van der Waals surface area contributed by atoms with Crippen LogP contribution in [0.15, 0.2) is 54.7 Å². The van der Waals surface area contributed by atoms with Crippen molar-refractivity contribution in [2.24, 2.45) is 0 Å². The molecule has 1 atom stereocenters. The Bertz CT molecular complexity index is 981. The van der Waals surface area contributed by atoms with E-state index in [1.807, 2.05) is 25.1 Å². The number of nitrogens with zero attached hydrogens (tertiary/aromatic N) is 1. The summed E-state index contributed by atoms with van der Waals surface area (Å²) in [5.74, 6) is -0.349. The predicted octanol–water partition coefficient (Wildman–Crippen LogP) is 4.25. The Hall–Kier alpha value is -3.21. The van der Waals surface area contributed by atoms with Gasteiger partial charge in [0, 0.05) is 18.5 Å². The minimum absolute atomic E-state index is 0.120. The van der Waals surface area contributed by atoms with Crippen molar-refractivity contribution in [3.63, 3.8) is 0 Å². The largest absolute Gasteiger partial charge is 0.345 e. The molecule has 5 nitrogen and oxygen atoms in total. The number of aromatic nitrogens is 1. The van der Waals surface area contributed by atoms with Crippen LogP contribution in [0.5, 0.6) is 0 Å².